The van der Waals surface area contributed by atoms with Crippen molar-refractivity contribution in [1.29, 1.82) is 0 Å². The number of carbonyl (C=O) groups is 2. The highest BCUT2D eigenvalue weighted by Crippen LogP contribution is 2.34. The van der Waals surface area contributed by atoms with E-state index in [9.17, 15) is 14.0 Å². The molecule has 4 rings (SSSR count). The molecule has 1 saturated heterocycles. The zero-order valence-electron chi connectivity index (χ0n) is 18.8. The Morgan fingerprint density at radius 2 is 1.75 bits per heavy atom. The lowest BCUT2D eigenvalue weighted by Crippen LogP contribution is -2.50. The number of halogens is 1. The van der Waals surface area contributed by atoms with Crippen LogP contribution in [0.3, 0.4) is 0 Å². The van der Waals surface area contributed by atoms with E-state index in [-0.39, 0.29) is 24.2 Å². The summed E-state index contributed by atoms with van der Waals surface area (Å²) in [6.45, 7) is 8.35. The third kappa shape index (κ3) is 4.58. The van der Waals surface area contributed by atoms with Gasteiger partial charge in [-0.3, -0.25) is 14.5 Å². The molecule has 1 atom stereocenters. The summed E-state index contributed by atoms with van der Waals surface area (Å²) >= 11 is 0. The maximum Gasteiger partial charge on any atom is 0.257 e. The average molecular weight is 437 g/mol. The first-order chi connectivity index (χ1) is 15.3. The molecule has 0 radical (unpaired) electrons. The molecule has 32 heavy (non-hydrogen) atoms. The number of hydrazone groups is 1. The molecule has 0 aliphatic carbocycles. The normalized spacial score (nSPS) is 19.2. The lowest BCUT2D eigenvalue weighted by atomic mass is 9.96. The first-order valence-electron chi connectivity index (χ1n) is 11.0. The van der Waals surface area contributed by atoms with Crippen molar-refractivity contribution in [3.63, 3.8) is 0 Å². The molecule has 2 heterocycles. The van der Waals surface area contributed by atoms with E-state index in [0.717, 1.165) is 16.8 Å². The zero-order valence-corrected chi connectivity index (χ0v) is 18.8. The number of nitrogens with zero attached hydrogens (tertiary/aromatic N) is 4. The van der Waals surface area contributed by atoms with Crippen LogP contribution in [0.5, 0.6) is 0 Å². The van der Waals surface area contributed by atoms with Gasteiger partial charge in [0.05, 0.1) is 18.3 Å². The van der Waals surface area contributed by atoms with Crippen LogP contribution in [0.25, 0.3) is 0 Å². The molecule has 0 aromatic heterocycles. The van der Waals surface area contributed by atoms with Crippen LogP contribution in [-0.4, -0.2) is 65.1 Å². The van der Waals surface area contributed by atoms with Crippen molar-refractivity contribution in [3.05, 3.63) is 70.5 Å². The minimum absolute atomic E-state index is 0.0535. The predicted octanol–water partition coefficient (Wildman–Crippen LogP) is 3.28. The van der Waals surface area contributed by atoms with Gasteiger partial charge in [0.25, 0.3) is 5.91 Å². The highest BCUT2D eigenvalue weighted by molar-refractivity contribution is 6.03. The second-order valence-corrected chi connectivity index (χ2v) is 8.61. The number of piperazine rings is 1. The summed E-state index contributed by atoms with van der Waals surface area (Å²) in [5, 5.41) is 6.14. The van der Waals surface area contributed by atoms with Gasteiger partial charge in [0.2, 0.25) is 5.91 Å². The minimum Gasteiger partial charge on any atom is -0.340 e. The van der Waals surface area contributed by atoms with Crippen LogP contribution in [0.2, 0.25) is 0 Å². The second kappa shape index (κ2) is 9.20. The molecule has 168 valence electrons. The molecule has 7 heteroatoms. The zero-order chi connectivity index (χ0) is 22.8. The van der Waals surface area contributed by atoms with E-state index in [1.807, 2.05) is 24.0 Å². The molecular formula is C25H29FN4O2. The number of aryl methyl sites for hydroxylation is 2. The number of rotatable bonds is 4. The second-order valence-electron chi connectivity index (χ2n) is 8.61. The average Bonchev–Trinajstić information content (AvgIpc) is 3.22. The molecule has 2 aromatic carbocycles. The van der Waals surface area contributed by atoms with Crippen LogP contribution in [0.15, 0.2) is 47.6 Å². The summed E-state index contributed by atoms with van der Waals surface area (Å²) < 4.78 is 14.7. The molecule has 1 fully saturated rings. The van der Waals surface area contributed by atoms with E-state index in [1.165, 1.54) is 16.6 Å². The molecule has 6 nitrogen and oxygen atoms in total. The maximum atomic E-state index is 14.7. The van der Waals surface area contributed by atoms with Gasteiger partial charge in [0.15, 0.2) is 0 Å². The van der Waals surface area contributed by atoms with Gasteiger partial charge < -0.3 is 4.90 Å². The van der Waals surface area contributed by atoms with E-state index in [0.29, 0.717) is 38.2 Å². The van der Waals surface area contributed by atoms with Crippen LogP contribution in [0.4, 0.5) is 4.39 Å². The van der Waals surface area contributed by atoms with Gasteiger partial charge in [-0.15, -0.1) is 0 Å². The fraction of sp³-hybridized carbons (Fsp3) is 0.400. The third-order valence-corrected chi connectivity index (χ3v) is 6.45. The van der Waals surface area contributed by atoms with Gasteiger partial charge in [0.1, 0.15) is 5.82 Å². The fourth-order valence-electron chi connectivity index (χ4n) is 4.31. The van der Waals surface area contributed by atoms with E-state index in [2.05, 4.69) is 18.1 Å². The Balaban J connectivity index is 1.57. The smallest absolute Gasteiger partial charge is 0.257 e. The standard InChI is InChI=1S/C25H29FN4O2/c1-17-8-9-20(14-18(17)2)23-15-24(21-6-4-5-7-22(21)26)30(27-23)25(32)16-28-10-12-29(13-11-28)19(3)31/h4-9,14,24H,10-13,15-16H2,1-3H3/t24-/m0/s1. The molecule has 2 amide bonds. The maximum absolute atomic E-state index is 14.7. The van der Waals surface area contributed by atoms with Crippen molar-refractivity contribution >= 4 is 17.5 Å². The topological polar surface area (TPSA) is 56.2 Å². The van der Waals surface area contributed by atoms with Gasteiger partial charge in [-0.25, -0.2) is 9.40 Å². The summed E-state index contributed by atoms with van der Waals surface area (Å²) in [4.78, 5) is 28.7. The molecule has 2 aliphatic rings. The summed E-state index contributed by atoms with van der Waals surface area (Å²) in [6, 6.07) is 12.2. The van der Waals surface area contributed by atoms with Crippen LogP contribution < -0.4 is 0 Å². The SMILES string of the molecule is CC(=O)N1CCN(CC(=O)N2N=C(c3ccc(C)c(C)c3)C[C@H]2c2ccccc2F)CC1. The number of amides is 2. The Morgan fingerprint density at radius 1 is 1.03 bits per heavy atom. The first kappa shape index (κ1) is 22.1. The quantitative estimate of drug-likeness (QED) is 0.739. The Labute approximate surface area is 188 Å². The molecule has 0 unspecified atom stereocenters. The van der Waals surface area contributed by atoms with Crippen molar-refractivity contribution < 1.29 is 14.0 Å². The number of benzene rings is 2. The highest BCUT2D eigenvalue weighted by atomic mass is 19.1. The molecular weight excluding hydrogens is 407 g/mol. The number of carbonyl (C=O) groups excluding carboxylic acids is 2. The largest absolute Gasteiger partial charge is 0.340 e. The summed E-state index contributed by atoms with van der Waals surface area (Å²) in [5.41, 5.74) is 4.57. The van der Waals surface area contributed by atoms with E-state index >= 15 is 0 Å². The van der Waals surface area contributed by atoms with Gasteiger partial charge in [0, 0.05) is 45.1 Å². The first-order valence-corrected chi connectivity index (χ1v) is 11.0. The molecule has 0 N–H and O–H groups in total. The fourth-order valence-corrected chi connectivity index (χ4v) is 4.31. The minimum atomic E-state index is -0.473. The van der Waals surface area contributed by atoms with Crippen molar-refractivity contribution in [3.8, 4) is 0 Å². The van der Waals surface area contributed by atoms with Crippen LogP contribution in [-0.2, 0) is 9.59 Å². The van der Waals surface area contributed by atoms with Crippen LogP contribution in [0, 0.1) is 19.7 Å². The van der Waals surface area contributed by atoms with Crippen molar-refractivity contribution in [2.75, 3.05) is 32.7 Å². The van der Waals surface area contributed by atoms with Crippen LogP contribution in [0.1, 0.15) is 41.6 Å². The van der Waals surface area contributed by atoms with Gasteiger partial charge in [-0.05, 0) is 42.7 Å². The Hall–Kier alpha value is -3.06. The number of hydrogen-bond acceptors (Lipinski definition) is 4. The highest BCUT2D eigenvalue weighted by Gasteiger charge is 2.35. The molecule has 0 spiro atoms. The number of hydrogen-bond donors (Lipinski definition) is 0. The van der Waals surface area contributed by atoms with Crippen LogP contribution >= 0.6 is 0 Å². The molecule has 2 aromatic rings. The van der Waals surface area contributed by atoms with Gasteiger partial charge in [-0.1, -0.05) is 30.3 Å². The van der Waals surface area contributed by atoms with E-state index in [4.69, 9.17) is 0 Å². The van der Waals surface area contributed by atoms with E-state index in [1.54, 1.807) is 30.0 Å². The summed E-state index contributed by atoms with van der Waals surface area (Å²) in [6.07, 6.45) is 0.466. The van der Waals surface area contributed by atoms with Crippen molar-refractivity contribution in [2.45, 2.75) is 33.2 Å². The molecule has 0 bridgehead atoms. The lowest BCUT2D eigenvalue weighted by molar-refractivity contribution is -0.135. The Morgan fingerprint density at radius 3 is 2.41 bits per heavy atom. The van der Waals surface area contributed by atoms with Gasteiger partial charge in [-0.2, -0.15) is 5.10 Å². The predicted molar refractivity (Wildman–Crippen MR) is 122 cm³/mol. The Kier molecular flexibility index (Phi) is 6.37. The monoisotopic (exact) mass is 436 g/mol. The third-order valence-electron chi connectivity index (χ3n) is 6.45. The van der Waals surface area contributed by atoms with E-state index < -0.39 is 6.04 Å². The molecule has 0 saturated carbocycles. The van der Waals surface area contributed by atoms with Crippen molar-refractivity contribution in [1.82, 2.24) is 14.8 Å². The summed E-state index contributed by atoms with van der Waals surface area (Å²) in [5.74, 6) is -0.437. The Bertz CT molecular complexity index is 1060. The summed E-state index contributed by atoms with van der Waals surface area (Å²) in [7, 11) is 0. The lowest BCUT2D eigenvalue weighted by Gasteiger charge is -2.34. The van der Waals surface area contributed by atoms with Crippen molar-refractivity contribution in [2.24, 2.45) is 5.10 Å². The van der Waals surface area contributed by atoms with Gasteiger partial charge >= 0.3 is 0 Å². The molecule has 2 aliphatic heterocycles.